The van der Waals surface area contributed by atoms with E-state index in [4.69, 9.17) is 14.8 Å². The lowest BCUT2D eigenvalue weighted by Gasteiger charge is -2.22. The second-order valence-corrected chi connectivity index (χ2v) is 14.4. The molecule has 0 amide bonds. The number of benzene rings is 7. The van der Waals surface area contributed by atoms with Gasteiger partial charge in [0.1, 0.15) is 17.5 Å². The van der Waals surface area contributed by atoms with E-state index in [2.05, 4.69) is 103 Å². The monoisotopic (exact) mass is 681 g/mol. The van der Waals surface area contributed by atoms with E-state index in [1.165, 1.54) is 33.0 Å². The van der Waals surface area contributed by atoms with E-state index in [9.17, 15) is 0 Å². The largest absolute Gasteiger partial charge is 0.455 e. The van der Waals surface area contributed by atoms with E-state index < -0.39 is 0 Å². The van der Waals surface area contributed by atoms with E-state index >= 15 is 0 Å². The highest BCUT2D eigenvalue weighted by Crippen LogP contribution is 2.52. The average molecular weight is 682 g/mol. The Morgan fingerprint density at radius 2 is 1.26 bits per heavy atom. The van der Waals surface area contributed by atoms with Gasteiger partial charge in [0.05, 0.1) is 22.4 Å². The zero-order chi connectivity index (χ0) is 35.7. The first kappa shape index (κ1) is 31.0. The third kappa shape index (κ3) is 4.91. The molecular weight excluding hydrogens is 647 g/mol. The summed E-state index contributed by atoms with van der Waals surface area (Å²) < 4.78 is 8.65. The Hall–Kier alpha value is -6.78. The maximum absolute atomic E-state index is 8.89. The Morgan fingerprint density at radius 3 is 2.08 bits per heavy atom. The quantitative estimate of drug-likeness (QED) is 0.138. The van der Waals surface area contributed by atoms with Gasteiger partial charge in [0.25, 0.3) is 0 Å². The van der Waals surface area contributed by atoms with Crippen LogP contribution in [-0.4, -0.2) is 16.6 Å². The minimum Gasteiger partial charge on any atom is -0.455 e. The van der Waals surface area contributed by atoms with Crippen molar-refractivity contribution >= 4 is 61.5 Å². The molecule has 7 aromatic carbocycles. The molecule has 0 bridgehead atoms. The van der Waals surface area contributed by atoms with E-state index in [1.807, 2.05) is 85.2 Å². The zero-order valence-corrected chi connectivity index (χ0v) is 29.5. The summed E-state index contributed by atoms with van der Waals surface area (Å²) in [5, 5.41) is 13.5. The number of aliphatic imine (C=N–C) groups is 1. The van der Waals surface area contributed by atoms with Crippen LogP contribution in [0.1, 0.15) is 36.1 Å². The lowest BCUT2D eigenvalue weighted by atomic mass is 9.81. The second-order valence-electron chi connectivity index (χ2n) is 14.4. The van der Waals surface area contributed by atoms with E-state index in [0.717, 1.165) is 60.9 Å². The molecule has 2 aromatic heterocycles. The summed E-state index contributed by atoms with van der Waals surface area (Å²) in [6, 6.07) is 54.8. The summed E-state index contributed by atoms with van der Waals surface area (Å²) in [5.41, 5.74) is 14.1. The molecule has 0 radical (unpaired) electrons. The van der Waals surface area contributed by atoms with Crippen LogP contribution in [-0.2, 0) is 5.41 Å². The van der Waals surface area contributed by atoms with Gasteiger partial charge in [0, 0.05) is 38.1 Å². The molecule has 53 heavy (non-hydrogen) atoms. The fourth-order valence-corrected chi connectivity index (χ4v) is 8.25. The molecule has 0 aliphatic heterocycles. The first-order valence-corrected chi connectivity index (χ1v) is 18.0. The average Bonchev–Trinajstić information content (AvgIpc) is 3.81. The summed E-state index contributed by atoms with van der Waals surface area (Å²) in [7, 11) is 0. The summed E-state index contributed by atoms with van der Waals surface area (Å²) in [6.45, 7) is 4.68. The SMILES string of the molecule is CC1(C)c2cc(-c3cccc4c3oc3ccccc34)ccc2-c2cc3c(cc21)c1ccccc1n3C=N/C(=C\C(=N)c1ccccc1)c1ccccc1. The smallest absolute Gasteiger partial charge is 0.143 e. The van der Waals surface area contributed by atoms with Crippen molar-refractivity contribution < 1.29 is 4.42 Å². The van der Waals surface area contributed by atoms with Crippen LogP contribution < -0.4 is 0 Å². The second kappa shape index (κ2) is 11.9. The summed E-state index contributed by atoms with van der Waals surface area (Å²) in [5.74, 6) is 0. The lowest BCUT2D eigenvalue weighted by molar-refractivity contribution is 0.661. The van der Waals surface area contributed by atoms with Crippen molar-refractivity contribution in [2.75, 3.05) is 0 Å². The molecule has 0 unspecified atom stereocenters. The van der Waals surface area contributed by atoms with Gasteiger partial charge in [-0.25, -0.2) is 4.99 Å². The van der Waals surface area contributed by atoms with Gasteiger partial charge in [-0.1, -0.05) is 141 Å². The van der Waals surface area contributed by atoms with Crippen LogP contribution in [0.4, 0.5) is 0 Å². The third-order valence-corrected chi connectivity index (χ3v) is 11.0. The Balaban J connectivity index is 1.12. The maximum Gasteiger partial charge on any atom is 0.143 e. The molecule has 4 heteroatoms. The highest BCUT2D eigenvalue weighted by Gasteiger charge is 2.36. The number of allylic oxidation sites excluding steroid dienone is 1. The Labute approximate surface area is 307 Å². The van der Waals surface area contributed by atoms with Gasteiger partial charge in [0.2, 0.25) is 0 Å². The molecular formula is C49H35N3O. The summed E-state index contributed by atoms with van der Waals surface area (Å²) in [6.07, 6.45) is 3.78. The first-order chi connectivity index (χ1) is 26.0. The van der Waals surface area contributed by atoms with Crippen molar-refractivity contribution in [3.8, 4) is 22.3 Å². The van der Waals surface area contributed by atoms with Crippen LogP contribution in [0.3, 0.4) is 0 Å². The van der Waals surface area contributed by atoms with Gasteiger partial charge in [-0.05, 0) is 69.8 Å². The molecule has 2 heterocycles. The fraction of sp³-hybridized carbons (Fsp3) is 0.0612. The van der Waals surface area contributed by atoms with Crippen LogP contribution in [0.15, 0.2) is 173 Å². The predicted octanol–water partition coefficient (Wildman–Crippen LogP) is 12.7. The van der Waals surface area contributed by atoms with Crippen LogP contribution in [0.25, 0.3) is 71.7 Å². The van der Waals surface area contributed by atoms with Crippen LogP contribution in [0.2, 0.25) is 0 Å². The Bertz CT molecular complexity index is 2980. The molecule has 4 nitrogen and oxygen atoms in total. The number of rotatable bonds is 6. The molecule has 0 saturated heterocycles. The van der Waals surface area contributed by atoms with Crippen LogP contribution in [0, 0.1) is 5.41 Å². The number of fused-ring (bicyclic) bond motifs is 9. The number of hydrogen-bond acceptors (Lipinski definition) is 3. The molecule has 0 atom stereocenters. The van der Waals surface area contributed by atoms with Crippen LogP contribution in [0.5, 0.6) is 0 Å². The van der Waals surface area contributed by atoms with E-state index in [0.29, 0.717) is 5.71 Å². The molecule has 0 spiro atoms. The van der Waals surface area contributed by atoms with Gasteiger partial charge in [-0.15, -0.1) is 0 Å². The lowest BCUT2D eigenvalue weighted by Crippen LogP contribution is -2.15. The molecule has 9 aromatic rings. The van der Waals surface area contributed by atoms with Crippen LogP contribution >= 0.6 is 0 Å². The zero-order valence-electron chi connectivity index (χ0n) is 29.5. The van der Waals surface area contributed by atoms with Crippen molar-refractivity contribution in [2.24, 2.45) is 4.99 Å². The number of furan rings is 1. The summed E-state index contributed by atoms with van der Waals surface area (Å²) >= 11 is 0. The molecule has 1 aliphatic carbocycles. The van der Waals surface area contributed by atoms with Gasteiger partial charge >= 0.3 is 0 Å². The van der Waals surface area contributed by atoms with Gasteiger partial charge in [-0.3, -0.25) is 4.57 Å². The molecule has 0 fully saturated rings. The number of nitrogens with zero attached hydrogens (tertiary/aromatic N) is 2. The highest BCUT2D eigenvalue weighted by atomic mass is 16.3. The molecule has 10 rings (SSSR count). The molecule has 252 valence electrons. The number of para-hydroxylation sites is 3. The fourth-order valence-electron chi connectivity index (χ4n) is 8.25. The summed E-state index contributed by atoms with van der Waals surface area (Å²) in [4.78, 5) is 5.10. The minimum absolute atomic E-state index is 0.213. The maximum atomic E-state index is 8.89. The number of nitrogens with one attached hydrogen (secondary N) is 1. The topological polar surface area (TPSA) is 54.3 Å². The number of hydrogen-bond donors (Lipinski definition) is 1. The molecule has 1 aliphatic rings. The molecule has 0 saturated carbocycles. The Kier molecular flexibility index (Phi) is 6.96. The highest BCUT2D eigenvalue weighted by molar-refractivity contribution is 6.15. The van der Waals surface area contributed by atoms with Crippen molar-refractivity contribution in [3.05, 3.63) is 186 Å². The van der Waals surface area contributed by atoms with E-state index in [-0.39, 0.29) is 5.41 Å². The third-order valence-electron chi connectivity index (χ3n) is 11.0. The minimum atomic E-state index is -0.213. The van der Waals surface area contributed by atoms with Crippen molar-refractivity contribution in [1.82, 2.24) is 4.57 Å². The Morgan fingerprint density at radius 1 is 0.585 bits per heavy atom. The normalized spacial score (nSPS) is 13.7. The van der Waals surface area contributed by atoms with Gasteiger partial charge < -0.3 is 9.83 Å². The van der Waals surface area contributed by atoms with E-state index in [1.54, 1.807) is 0 Å². The van der Waals surface area contributed by atoms with Gasteiger partial charge in [0.15, 0.2) is 0 Å². The number of aromatic nitrogens is 1. The predicted molar refractivity (Wildman–Crippen MR) is 221 cm³/mol. The molecule has 1 N–H and O–H groups in total. The standard InChI is InChI=1S/C49H35N3O/c1-49(2)41-26-33(34-20-13-21-38-37-19-10-12-23-47(37)53-48(34)38)24-25-35(41)39-28-46-40(27-42(39)49)36-18-9-11-22-45(36)52(46)30-51-44(32-16-7-4-8-17-32)29-43(50)31-14-5-3-6-15-31/h3-30,50H,1-2H3/b44-29-,50-43?,51-30?. The first-order valence-electron chi connectivity index (χ1n) is 18.0. The van der Waals surface area contributed by atoms with Crippen molar-refractivity contribution in [1.29, 1.82) is 5.41 Å². The van der Waals surface area contributed by atoms with Gasteiger partial charge in [-0.2, -0.15) is 0 Å². The van der Waals surface area contributed by atoms with Crippen molar-refractivity contribution in [3.63, 3.8) is 0 Å². The van der Waals surface area contributed by atoms with Crippen molar-refractivity contribution in [2.45, 2.75) is 19.3 Å².